The normalized spacial score (nSPS) is 15.9. The van der Waals surface area contributed by atoms with Crippen LogP contribution >= 0.6 is 0 Å². The first-order valence-corrected chi connectivity index (χ1v) is 11.7. The van der Waals surface area contributed by atoms with E-state index in [0.717, 1.165) is 12.8 Å². The van der Waals surface area contributed by atoms with Crippen LogP contribution in [-0.2, 0) is 14.8 Å². The van der Waals surface area contributed by atoms with Crippen LogP contribution in [0.2, 0.25) is 0 Å². The zero-order chi connectivity index (χ0) is 22.4. The van der Waals surface area contributed by atoms with E-state index in [4.69, 9.17) is 9.47 Å². The summed E-state index contributed by atoms with van der Waals surface area (Å²) in [5.74, 6) is 0.945. The standard InChI is InChI=1S/C23H23N3O5S/c27-23(26-18-5-7-19(8-6-18)31-20-11-13-24-14-12-20)17-3-9-22(10-4-17)32(28,29)25-16-21-2-1-15-30-21/h3-14,21,25H,1-2,15-16H2,(H,26,27). The number of nitrogens with one attached hydrogen (secondary N) is 2. The number of ether oxygens (including phenoxy) is 2. The molecule has 1 aliphatic heterocycles. The minimum absolute atomic E-state index is 0.0867. The van der Waals surface area contributed by atoms with Crippen LogP contribution in [0.1, 0.15) is 23.2 Å². The Bertz CT molecular complexity index is 1140. The van der Waals surface area contributed by atoms with E-state index in [-0.39, 0.29) is 23.5 Å². The van der Waals surface area contributed by atoms with Gasteiger partial charge in [0, 0.05) is 36.8 Å². The summed E-state index contributed by atoms with van der Waals surface area (Å²) < 4.78 is 38.6. The Hall–Kier alpha value is -3.27. The predicted molar refractivity (Wildman–Crippen MR) is 119 cm³/mol. The average molecular weight is 454 g/mol. The summed E-state index contributed by atoms with van der Waals surface area (Å²) in [4.78, 5) is 16.6. The molecule has 8 nitrogen and oxygen atoms in total. The highest BCUT2D eigenvalue weighted by atomic mass is 32.2. The number of benzene rings is 2. The average Bonchev–Trinajstić information content (AvgIpc) is 3.34. The molecule has 1 unspecified atom stereocenters. The summed E-state index contributed by atoms with van der Waals surface area (Å²) in [6.07, 6.45) is 4.98. The van der Waals surface area contributed by atoms with Crippen LogP contribution in [-0.4, -0.2) is 38.6 Å². The van der Waals surface area contributed by atoms with Crippen molar-refractivity contribution in [2.24, 2.45) is 0 Å². The highest BCUT2D eigenvalue weighted by Crippen LogP contribution is 2.22. The van der Waals surface area contributed by atoms with E-state index in [2.05, 4.69) is 15.0 Å². The van der Waals surface area contributed by atoms with Crippen LogP contribution in [0.3, 0.4) is 0 Å². The van der Waals surface area contributed by atoms with Gasteiger partial charge in [-0.3, -0.25) is 9.78 Å². The summed E-state index contributed by atoms with van der Waals surface area (Å²) in [6.45, 7) is 0.905. The highest BCUT2D eigenvalue weighted by Gasteiger charge is 2.20. The maximum atomic E-state index is 12.5. The van der Waals surface area contributed by atoms with Crippen LogP contribution in [0.5, 0.6) is 11.5 Å². The minimum atomic E-state index is -3.66. The number of pyridine rings is 1. The molecule has 1 fully saturated rings. The summed E-state index contributed by atoms with van der Waals surface area (Å²) in [6, 6.07) is 16.2. The lowest BCUT2D eigenvalue weighted by Gasteiger charge is -2.12. The molecule has 0 spiro atoms. The van der Waals surface area contributed by atoms with Crippen molar-refractivity contribution in [1.82, 2.24) is 9.71 Å². The zero-order valence-corrected chi connectivity index (χ0v) is 18.0. The van der Waals surface area contributed by atoms with Gasteiger partial charge in [-0.25, -0.2) is 13.1 Å². The first-order chi connectivity index (χ1) is 15.5. The number of amides is 1. The Balaban J connectivity index is 1.34. The van der Waals surface area contributed by atoms with Crippen molar-refractivity contribution in [3.05, 3.63) is 78.6 Å². The van der Waals surface area contributed by atoms with Crippen LogP contribution in [0, 0.1) is 0 Å². The topological polar surface area (TPSA) is 107 Å². The van der Waals surface area contributed by atoms with Crippen LogP contribution in [0.25, 0.3) is 0 Å². The van der Waals surface area contributed by atoms with Crippen molar-refractivity contribution in [3.8, 4) is 11.5 Å². The largest absolute Gasteiger partial charge is 0.457 e. The van der Waals surface area contributed by atoms with Crippen molar-refractivity contribution < 1.29 is 22.7 Å². The molecule has 2 N–H and O–H groups in total. The molecule has 166 valence electrons. The molecule has 2 aromatic carbocycles. The summed E-state index contributed by atoms with van der Waals surface area (Å²) in [5, 5.41) is 2.78. The maximum Gasteiger partial charge on any atom is 0.255 e. The quantitative estimate of drug-likeness (QED) is 0.540. The van der Waals surface area contributed by atoms with E-state index in [9.17, 15) is 13.2 Å². The molecule has 32 heavy (non-hydrogen) atoms. The van der Waals surface area contributed by atoms with E-state index in [1.54, 1.807) is 48.8 Å². The molecular weight excluding hydrogens is 430 g/mol. The second-order valence-electron chi connectivity index (χ2n) is 7.27. The van der Waals surface area contributed by atoms with E-state index >= 15 is 0 Å². The predicted octanol–water partition coefficient (Wildman–Crippen LogP) is 3.58. The van der Waals surface area contributed by atoms with Gasteiger partial charge in [0.15, 0.2) is 0 Å². The van der Waals surface area contributed by atoms with Crippen molar-refractivity contribution in [2.75, 3.05) is 18.5 Å². The fourth-order valence-corrected chi connectivity index (χ4v) is 4.30. The molecular formula is C23H23N3O5S. The monoisotopic (exact) mass is 453 g/mol. The van der Waals surface area contributed by atoms with Crippen molar-refractivity contribution in [3.63, 3.8) is 0 Å². The number of carbonyl (C=O) groups is 1. The number of carbonyl (C=O) groups excluding carboxylic acids is 1. The van der Waals surface area contributed by atoms with Crippen molar-refractivity contribution in [2.45, 2.75) is 23.8 Å². The van der Waals surface area contributed by atoms with Gasteiger partial charge in [-0.2, -0.15) is 0 Å². The Kier molecular flexibility index (Phi) is 6.79. The van der Waals surface area contributed by atoms with Gasteiger partial charge in [-0.1, -0.05) is 0 Å². The number of sulfonamides is 1. The molecule has 0 saturated carbocycles. The van der Waals surface area contributed by atoms with Crippen LogP contribution in [0.4, 0.5) is 5.69 Å². The Morgan fingerprint density at radius 2 is 1.69 bits per heavy atom. The maximum absolute atomic E-state index is 12.5. The molecule has 2 heterocycles. The Morgan fingerprint density at radius 3 is 2.34 bits per heavy atom. The molecule has 4 rings (SSSR count). The van der Waals surface area contributed by atoms with Gasteiger partial charge in [0.25, 0.3) is 5.91 Å². The van der Waals surface area contributed by atoms with Gasteiger partial charge in [-0.05, 0) is 73.5 Å². The molecule has 1 saturated heterocycles. The summed E-state index contributed by atoms with van der Waals surface area (Å²) >= 11 is 0. The molecule has 0 bridgehead atoms. The molecule has 1 aromatic heterocycles. The fraction of sp³-hybridized carbons (Fsp3) is 0.217. The van der Waals surface area contributed by atoms with Crippen LogP contribution < -0.4 is 14.8 Å². The van der Waals surface area contributed by atoms with Crippen molar-refractivity contribution in [1.29, 1.82) is 0 Å². The van der Waals surface area contributed by atoms with Crippen LogP contribution in [0.15, 0.2) is 78.0 Å². The number of aromatic nitrogens is 1. The molecule has 1 atom stereocenters. The molecule has 3 aromatic rings. The fourth-order valence-electron chi connectivity index (χ4n) is 3.23. The highest BCUT2D eigenvalue weighted by molar-refractivity contribution is 7.89. The second kappa shape index (κ2) is 9.90. The molecule has 9 heteroatoms. The van der Waals surface area contributed by atoms with Gasteiger partial charge in [0.1, 0.15) is 11.5 Å². The van der Waals surface area contributed by atoms with E-state index < -0.39 is 10.0 Å². The van der Waals surface area contributed by atoms with Crippen molar-refractivity contribution >= 4 is 21.6 Å². The molecule has 1 amide bonds. The van der Waals surface area contributed by atoms with E-state index in [1.807, 2.05) is 0 Å². The van der Waals surface area contributed by atoms with Gasteiger partial charge < -0.3 is 14.8 Å². The number of rotatable bonds is 8. The Labute approximate surface area is 186 Å². The lowest BCUT2D eigenvalue weighted by atomic mass is 10.2. The lowest BCUT2D eigenvalue weighted by molar-refractivity contribution is 0.102. The SMILES string of the molecule is O=C(Nc1ccc(Oc2ccncc2)cc1)c1ccc(S(=O)(=O)NCC2CCCO2)cc1. The van der Waals surface area contributed by atoms with Gasteiger partial charge >= 0.3 is 0 Å². The lowest BCUT2D eigenvalue weighted by Crippen LogP contribution is -2.31. The van der Waals surface area contributed by atoms with E-state index in [0.29, 0.717) is 29.4 Å². The first-order valence-electron chi connectivity index (χ1n) is 10.2. The number of hydrogen-bond donors (Lipinski definition) is 2. The molecule has 0 radical (unpaired) electrons. The van der Waals surface area contributed by atoms with Gasteiger partial charge in [0.05, 0.1) is 11.0 Å². The third kappa shape index (κ3) is 5.70. The van der Waals surface area contributed by atoms with Gasteiger partial charge in [0.2, 0.25) is 10.0 Å². The minimum Gasteiger partial charge on any atom is -0.457 e. The smallest absolute Gasteiger partial charge is 0.255 e. The summed E-state index contributed by atoms with van der Waals surface area (Å²) in [7, 11) is -3.66. The number of nitrogens with zero attached hydrogens (tertiary/aromatic N) is 1. The molecule has 0 aliphatic carbocycles. The number of hydrogen-bond acceptors (Lipinski definition) is 6. The zero-order valence-electron chi connectivity index (χ0n) is 17.2. The first kappa shape index (κ1) is 21.9. The number of anilines is 1. The second-order valence-corrected chi connectivity index (χ2v) is 9.04. The third-order valence-electron chi connectivity index (χ3n) is 4.95. The Morgan fingerprint density at radius 1 is 1.00 bits per heavy atom. The molecule has 1 aliphatic rings. The van der Waals surface area contributed by atoms with E-state index in [1.165, 1.54) is 24.3 Å². The van der Waals surface area contributed by atoms with Gasteiger partial charge in [-0.15, -0.1) is 0 Å². The third-order valence-corrected chi connectivity index (χ3v) is 6.39. The summed E-state index contributed by atoms with van der Waals surface area (Å²) in [5.41, 5.74) is 0.937.